The van der Waals surface area contributed by atoms with E-state index in [0.29, 0.717) is 13.2 Å². The van der Waals surface area contributed by atoms with Crippen LogP contribution in [-0.4, -0.2) is 9.55 Å². The molecule has 2 aromatic rings. The fraction of sp³-hybridized carbons (Fsp3) is 0.353. The van der Waals surface area contributed by atoms with Crippen LogP contribution in [-0.2, 0) is 18.0 Å². The van der Waals surface area contributed by atoms with Crippen molar-refractivity contribution in [3.63, 3.8) is 0 Å². The Morgan fingerprint density at radius 3 is 2.70 bits per heavy atom. The molecule has 0 spiro atoms. The summed E-state index contributed by atoms with van der Waals surface area (Å²) in [4.78, 5) is 4.52. The quantitative estimate of drug-likeness (QED) is 0.754. The van der Waals surface area contributed by atoms with Crippen molar-refractivity contribution in [1.82, 2.24) is 9.55 Å². The Morgan fingerprint density at radius 1 is 1.25 bits per heavy atom. The van der Waals surface area contributed by atoms with Gasteiger partial charge in [-0.2, -0.15) is 0 Å². The Balaban J connectivity index is 1.97. The molecular weight excluding hydrogens is 248 g/mol. The van der Waals surface area contributed by atoms with Gasteiger partial charge in [0.15, 0.2) is 0 Å². The third-order valence-corrected chi connectivity index (χ3v) is 3.12. The molecule has 0 radical (unpaired) electrons. The van der Waals surface area contributed by atoms with Gasteiger partial charge in [0.2, 0.25) is 0 Å². The van der Waals surface area contributed by atoms with E-state index in [1.54, 1.807) is 0 Å². The van der Waals surface area contributed by atoms with Crippen molar-refractivity contribution >= 4 is 5.70 Å². The van der Waals surface area contributed by atoms with Crippen molar-refractivity contribution in [2.45, 2.75) is 39.9 Å². The van der Waals surface area contributed by atoms with Crippen molar-refractivity contribution in [3.05, 3.63) is 60.2 Å². The second kappa shape index (κ2) is 7.06. The molecule has 0 fully saturated rings. The zero-order valence-corrected chi connectivity index (χ0v) is 12.3. The molecule has 1 aromatic carbocycles. The van der Waals surface area contributed by atoms with Crippen LogP contribution in [0.4, 0.5) is 0 Å². The number of allylic oxidation sites excluding steroid dienone is 1. The van der Waals surface area contributed by atoms with Gasteiger partial charge in [0.25, 0.3) is 0 Å². The summed E-state index contributed by atoms with van der Waals surface area (Å²) >= 11 is 0. The van der Waals surface area contributed by atoms with Crippen LogP contribution in [0.2, 0.25) is 0 Å². The number of hydrogen-bond acceptors (Lipinski definition) is 2. The summed E-state index contributed by atoms with van der Waals surface area (Å²) in [5, 5.41) is 0. The Bertz CT molecular complexity index is 558. The van der Waals surface area contributed by atoms with Crippen molar-refractivity contribution in [3.8, 4) is 0 Å². The molecule has 0 aliphatic heterocycles. The van der Waals surface area contributed by atoms with E-state index < -0.39 is 0 Å². The molecule has 0 atom stereocenters. The highest BCUT2D eigenvalue weighted by molar-refractivity contribution is 5.42. The van der Waals surface area contributed by atoms with Crippen LogP contribution in [0.25, 0.3) is 5.70 Å². The first-order valence-electron chi connectivity index (χ1n) is 7.05. The van der Waals surface area contributed by atoms with Gasteiger partial charge in [-0.1, -0.05) is 50.3 Å². The molecule has 0 N–H and O–H groups in total. The van der Waals surface area contributed by atoms with E-state index in [9.17, 15) is 0 Å². The predicted molar refractivity (Wildman–Crippen MR) is 82.1 cm³/mol. The number of benzene rings is 1. The molecule has 0 saturated heterocycles. The highest BCUT2D eigenvalue weighted by Gasteiger charge is 2.08. The first-order chi connectivity index (χ1) is 9.70. The van der Waals surface area contributed by atoms with Crippen LogP contribution in [0.3, 0.4) is 0 Å². The number of nitrogens with zero attached hydrogens (tertiary/aromatic N) is 2. The maximum absolute atomic E-state index is 5.76. The highest BCUT2D eigenvalue weighted by atomic mass is 16.5. The Hall–Kier alpha value is -1.87. The number of aryl methyl sites for hydroxylation is 1. The number of hydrogen-bond donors (Lipinski definition) is 0. The number of imidazole rings is 1. The van der Waals surface area contributed by atoms with E-state index in [1.807, 2.05) is 31.3 Å². The SMILES string of the molecule is C=C(CCC)n1cc(C)nc1COCc1ccccc1. The molecule has 1 aromatic heterocycles. The predicted octanol–water partition coefficient (Wildman–Crippen LogP) is 4.18. The van der Waals surface area contributed by atoms with Gasteiger partial charge in [-0.15, -0.1) is 0 Å². The Kier molecular flexibility index (Phi) is 5.13. The average molecular weight is 270 g/mol. The van der Waals surface area contributed by atoms with E-state index >= 15 is 0 Å². The second-order valence-electron chi connectivity index (χ2n) is 4.96. The lowest BCUT2D eigenvalue weighted by molar-refractivity contribution is 0.101. The molecule has 1 heterocycles. The monoisotopic (exact) mass is 270 g/mol. The maximum Gasteiger partial charge on any atom is 0.139 e. The Labute approximate surface area is 120 Å². The maximum atomic E-state index is 5.76. The van der Waals surface area contributed by atoms with Gasteiger partial charge in [-0.05, 0) is 18.9 Å². The minimum absolute atomic E-state index is 0.505. The summed E-state index contributed by atoms with van der Waals surface area (Å²) in [7, 11) is 0. The normalized spacial score (nSPS) is 10.7. The third-order valence-electron chi connectivity index (χ3n) is 3.12. The fourth-order valence-corrected chi connectivity index (χ4v) is 2.17. The van der Waals surface area contributed by atoms with Gasteiger partial charge in [-0.25, -0.2) is 4.98 Å². The molecule has 0 saturated carbocycles. The van der Waals surface area contributed by atoms with Crippen molar-refractivity contribution in [2.75, 3.05) is 0 Å². The molecule has 0 bridgehead atoms. The standard InChI is InChI=1S/C17H22N2O/c1-4-8-15(3)19-11-14(2)18-17(19)13-20-12-16-9-6-5-7-10-16/h5-7,9-11H,3-4,8,12-13H2,1-2H3. The summed E-state index contributed by atoms with van der Waals surface area (Å²) in [6.45, 7) is 9.38. The molecule has 20 heavy (non-hydrogen) atoms. The van der Waals surface area contributed by atoms with Crippen LogP contribution in [0.1, 0.15) is 36.8 Å². The molecule has 0 unspecified atom stereocenters. The molecular formula is C17H22N2O. The largest absolute Gasteiger partial charge is 0.369 e. The van der Waals surface area contributed by atoms with Gasteiger partial charge in [0, 0.05) is 11.9 Å². The van der Waals surface area contributed by atoms with E-state index in [2.05, 4.69) is 35.2 Å². The van der Waals surface area contributed by atoms with Gasteiger partial charge < -0.3 is 9.30 Å². The molecule has 3 nitrogen and oxygen atoms in total. The summed E-state index contributed by atoms with van der Waals surface area (Å²) in [5.74, 6) is 0.928. The lowest BCUT2D eigenvalue weighted by Gasteiger charge is -2.10. The third kappa shape index (κ3) is 3.81. The van der Waals surface area contributed by atoms with E-state index in [0.717, 1.165) is 30.1 Å². The lowest BCUT2D eigenvalue weighted by atomic mass is 10.2. The molecule has 0 aliphatic carbocycles. The van der Waals surface area contributed by atoms with Gasteiger partial charge in [0.05, 0.1) is 12.3 Å². The summed E-state index contributed by atoms with van der Waals surface area (Å²) in [6, 6.07) is 10.2. The van der Waals surface area contributed by atoms with Crippen LogP contribution < -0.4 is 0 Å². The van der Waals surface area contributed by atoms with Gasteiger partial charge >= 0.3 is 0 Å². The zero-order valence-electron chi connectivity index (χ0n) is 12.3. The number of ether oxygens (including phenoxy) is 1. The highest BCUT2D eigenvalue weighted by Crippen LogP contribution is 2.15. The van der Waals surface area contributed by atoms with E-state index in [-0.39, 0.29) is 0 Å². The summed E-state index contributed by atoms with van der Waals surface area (Å²) < 4.78 is 7.82. The van der Waals surface area contributed by atoms with Gasteiger partial charge in [-0.3, -0.25) is 0 Å². The molecule has 0 amide bonds. The smallest absolute Gasteiger partial charge is 0.139 e. The lowest BCUT2D eigenvalue weighted by Crippen LogP contribution is -2.04. The van der Waals surface area contributed by atoms with Gasteiger partial charge in [0.1, 0.15) is 12.4 Å². The van der Waals surface area contributed by atoms with Crippen LogP contribution in [0.5, 0.6) is 0 Å². The average Bonchev–Trinajstić information content (AvgIpc) is 2.81. The van der Waals surface area contributed by atoms with Crippen molar-refractivity contribution < 1.29 is 4.74 Å². The number of aromatic nitrogens is 2. The summed E-state index contributed by atoms with van der Waals surface area (Å²) in [5.41, 5.74) is 3.25. The zero-order chi connectivity index (χ0) is 14.4. The van der Waals surface area contributed by atoms with Crippen LogP contribution >= 0.6 is 0 Å². The first-order valence-corrected chi connectivity index (χ1v) is 7.05. The number of rotatable bonds is 7. The van der Waals surface area contributed by atoms with Crippen LogP contribution in [0.15, 0.2) is 43.1 Å². The minimum atomic E-state index is 0.505. The molecule has 2 rings (SSSR count). The molecule has 3 heteroatoms. The van der Waals surface area contributed by atoms with Crippen molar-refractivity contribution in [2.24, 2.45) is 0 Å². The summed E-state index contributed by atoms with van der Waals surface area (Å²) in [6.07, 6.45) is 4.08. The van der Waals surface area contributed by atoms with Crippen molar-refractivity contribution in [1.29, 1.82) is 0 Å². The van der Waals surface area contributed by atoms with Crippen LogP contribution in [0, 0.1) is 6.92 Å². The fourth-order valence-electron chi connectivity index (χ4n) is 2.17. The topological polar surface area (TPSA) is 27.1 Å². The first kappa shape index (κ1) is 14.5. The van der Waals surface area contributed by atoms with E-state index in [1.165, 1.54) is 5.56 Å². The minimum Gasteiger partial charge on any atom is -0.369 e. The molecule has 106 valence electrons. The van der Waals surface area contributed by atoms with E-state index in [4.69, 9.17) is 4.74 Å². The second-order valence-corrected chi connectivity index (χ2v) is 4.96. The Morgan fingerprint density at radius 2 is 2.00 bits per heavy atom. The molecule has 0 aliphatic rings.